The van der Waals surface area contributed by atoms with E-state index in [4.69, 9.17) is 0 Å². The standard InChI is InChI=1S/C15H21N7O/c1-10-17-19-13-7-11(9-22(10)13)8-16-15(23)14-20-18-12-5-3-2-4-6-21(12)14/h11H,2-9H2,1H3,(H,16,23). The van der Waals surface area contributed by atoms with E-state index in [-0.39, 0.29) is 5.91 Å². The summed E-state index contributed by atoms with van der Waals surface area (Å²) >= 11 is 0. The topological polar surface area (TPSA) is 90.5 Å². The van der Waals surface area contributed by atoms with E-state index in [0.29, 0.717) is 18.3 Å². The molecule has 0 fully saturated rings. The first-order valence-corrected chi connectivity index (χ1v) is 8.31. The lowest BCUT2D eigenvalue weighted by Crippen LogP contribution is -2.32. The lowest BCUT2D eigenvalue weighted by atomic mass is 10.1. The predicted octanol–water partition coefficient (Wildman–Crippen LogP) is 0.507. The van der Waals surface area contributed by atoms with Crippen LogP contribution < -0.4 is 5.32 Å². The van der Waals surface area contributed by atoms with E-state index >= 15 is 0 Å². The van der Waals surface area contributed by atoms with Crippen LogP contribution in [0, 0.1) is 12.8 Å². The van der Waals surface area contributed by atoms with Crippen molar-refractivity contribution in [2.45, 2.75) is 52.1 Å². The molecule has 0 bridgehead atoms. The zero-order valence-electron chi connectivity index (χ0n) is 13.3. The molecule has 2 aromatic rings. The molecule has 4 heterocycles. The van der Waals surface area contributed by atoms with Crippen LogP contribution in [0.1, 0.15) is 47.4 Å². The number of hydrogen-bond donors (Lipinski definition) is 1. The molecule has 2 aliphatic heterocycles. The lowest BCUT2D eigenvalue weighted by molar-refractivity contribution is 0.0931. The highest BCUT2D eigenvalue weighted by Crippen LogP contribution is 2.19. The van der Waals surface area contributed by atoms with Gasteiger partial charge in [0.2, 0.25) is 5.82 Å². The summed E-state index contributed by atoms with van der Waals surface area (Å²) in [6.45, 7) is 4.30. The second-order valence-corrected chi connectivity index (χ2v) is 6.46. The maximum Gasteiger partial charge on any atom is 0.289 e. The van der Waals surface area contributed by atoms with Crippen LogP contribution in [0.4, 0.5) is 0 Å². The molecule has 1 atom stereocenters. The third-order valence-electron chi connectivity index (χ3n) is 4.79. The van der Waals surface area contributed by atoms with Gasteiger partial charge in [-0.1, -0.05) is 6.42 Å². The quantitative estimate of drug-likeness (QED) is 0.891. The number of aryl methyl sites for hydroxylation is 2. The van der Waals surface area contributed by atoms with Crippen LogP contribution in [0.5, 0.6) is 0 Å². The van der Waals surface area contributed by atoms with Crippen LogP contribution in [0.2, 0.25) is 0 Å². The van der Waals surface area contributed by atoms with Crippen molar-refractivity contribution in [1.82, 2.24) is 34.8 Å². The number of aromatic nitrogens is 6. The van der Waals surface area contributed by atoms with E-state index in [1.165, 1.54) is 6.42 Å². The molecule has 2 aliphatic rings. The molecule has 0 saturated carbocycles. The molecule has 8 nitrogen and oxygen atoms in total. The van der Waals surface area contributed by atoms with Crippen LogP contribution in [0.25, 0.3) is 0 Å². The van der Waals surface area contributed by atoms with Gasteiger partial charge in [0.15, 0.2) is 0 Å². The molecule has 23 heavy (non-hydrogen) atoms. The molecule has 2 aromatic heterocycles. The molecule has 0 saturated heterocycles. The minimum absolute atomic E-state index is 0.120. The van der Waals surface area contributed by atoms with Crippen LogP contribution in [0.3, 0.4) is 0 Å². The van der Waals surface area contributed by atoms with E-state index < -0.39 is 0 Å². The highest BCUT2D eigenvalue weighted by molar-refractivity contribution is 5.90. The van der Waals surface area contributed by atoms with Crippen molar-refractivity contribution in [2.75, 3.05) is 6.54 Å². The Labute approximate surface area is 134 Å². The van der Waals surface area contributed by atoms with Crippen LogP contribution in [-0.4, -0.2) is 42.0 Å². The molecular weight excluding hydrogens is 294 g/mol. The first kappa shape index (κ1) is 14.3. The Kier molecular flexibility index (Phi) is 3.59. The summed E-state index contributed by atoms with van der Waals surface area (Å²) in [5, 5.41) is 19.5. The van der Waals surface area contributed by atoms with E-state index in [1.54, 1.807) is 0 Å². The summed E-state index contributed by atoms with van der Waals surface area (Å²) in [6.07, 6.45) is 5.17. The number of hydrogen-bond acceptors (Lipinski definition) is 5. The van der Waals surface area contributed by atoms with Crippen molar-refractivity contribution in [3.05, 3.63) is 23.3 Å². The molecule has 0 spiro atoms. The molecule has 1 unspecified atom stereocenters. The molecule has 0 aliphatic carbocycles. The second kappa shape index (κ2) is 5.75. The second-order valence-electron chi connectivity index (χ2n) is 6.46. The summed E-state index contributed by atoms with van der Waals surface area (Å²) < 4.78 is 4.11. The number of carbonyl (C=O) groups is 1. The lowest BCUT2D eigenvalue weighted by Gasteiger charge is -2.11. The average Bonchev–Trinajstić information content (AvgIpc) is 3.18. The molecule has 1 N–H and O–H groups in total. The van der Waals surface area contributed by atoms with Crippen molar-refractivity contribution in [3.8, 4) is 0 Å². The fraction of sp³-hybridized carbons (Fsp3) is 0.667. The minimum atomic E-state index is -0.120. The smallest absolute Gasteiger partial charge is 0.289 e. The Morgan fingerprint density at radius 3 is 2.87 bits per heavy atom. The van der Waals surface area contributed by atoms with Gasteiger partial charge < -0.3 is 14.5 Å². The maximum absolute atomic E-state index is 12.5. The summed E-state index contributed by atoms with van der Waals surface area (Å²) in [5.74, 6) is 3.60. The van der Waals surface area contributed by atoms with Crippen molar-refractivity contribution < 1.29 is 4.79 Å². The Hall–Kier alpha value is -2.25. The molecule has 8 heteroatoms. The number of fused-ring (bicyclic) bond motifs is 2. The molecule has 4 rings (SSSR count). The Balaban J connectivity index is 1.39. The van der Waals surface area contributed by atoms with Crippen molar-refractivity contribution in [1.29, 1.82) is 0 Å². The third-order valence-corrected chi connectivity index (χ3v) is 4.79. The fourth-order valence-electron chi connectivity index (χ4n) is 3.50. The average molecular weight is 315 g/mol. The number of nitrogens with zero attached hydrogens (tertiary/aromatic N) is 6. The van der Waals surface area contributed by atoms with Gasteiger partial charge >= 0.3 is 0 Å². The van der Waals surface area contributed by atoms with E-state index in [9.17, 15) is 4.79 Å². The number of carbonyl (C=O) groups excluding carboxylic acids is 1. The highest BCUT2D eigenvalue weighted by atomic mass is 16.2. The molecular formula is C15H21N7O. The third kappa shape index (κ3) is 2.62. The predicted molar refractivity (Wildman–Crippen MR) is 81.9 cm³/mol. The Bertz CT molecular complexity index is 732. The van der Waals surface area contributed by atoms with Gasteiger partial charge in [-0.15, -0.1) is 20.4 Å². The largest absolute Gasteiger partial charge is 0.349 e. The van der Waals surface area contributed by atoms with E-state index in [1.807, 2.05) is 11.5 Å². The van der Waals surface area contributed by atoms with Gasteiger partial charge in [0, 0.05) is 38.4 Å². The van der Waals surface area contributed by atoms with Crippen LogP contribution >= 0.6 is 0 Å². The Morgan fingerprint density at radius 2 is 2.00 bits per heavy atom. The molecule has 0 radical (unpaired) electrons. The van der Waals surface area contributed by atoms with Crippen molar-refractivity contribution >= 4 is 5.91 Å². The van der Waals surface area contributed by atoms with Crippen molar-refractivity contribution in [3.63, 3.8) is 0 Å². The minimum Gasteiger partial charge on any atom is -0.349 e. The summed E-state index contributed by atoms with van der Waals surface area (Å²) in [7, 11) is 0. The molecule has 1 amide bonds. The normalized spacial score (nSPS) is 20.0. The Morgan fingerprint density at radius 1 is 1.13 bits per heavy atom. The summed E-state index contributed by atoms with van der Waals surface area (Å²) in [4.78, 5) is 12.5. The van der Waals surface area contributed by atoms with Gasteiger partial charge in [0.05, 0.1) is 0 Å². The van der Waals surface area contributed by atoms with Crippen LogP contribution in [-0.2, 0) is 25.9 Å². The van der Waals surface area contributed by atoms with E-state index in [0.717, 1.165) is 56.2 Å². The summed E-state index contributed by atoms with van der Waals surface area (Å²) in [6, 6.07) is 0. The number of amides is 1. The van der Waals surface area contributed by atoms with Gasteiger partial charge in [0.1, 0.15) is 17.5 Å². The molecule has 0 aromatic carbocycles. The first-order chi connectivity index (χ1) is 11.2. The fourth-order valence-corrected chi connectivity index (χ4v) is 3.50. The summed E-state index contributed by atoms with van der Waals surface area (Å²) in [5.41, 5.74) is 0. The van der Waals surface area contributed by atoms with Gasteiger partial charge in [-0.2, -0.15) is 0 Å². The maximum atomic E-state index is 12.5. The number of rotatable bonds is 3. The van der Waals surface area contributed by atoms with Gasteiger partial charge in [0.25, 0.3) is 5.91 Å². The zero-order valence-corrected chi connectivity index (χ0v) is 13.3. The van der Waals surface area contributed by atoms with Crippen LogP contribution in [0.15, 0.2) is 0 Å². The monoisotopic (exact) mass is 315 g/mol. The zero-order chi connectivity index (χ0) is 15.8. The van der Waals surface area contributed by atoms with E-state index in [2.05, 4.69) is 30.3 Å². The van der Waals surface area contributed by atoms with Gasteiger partial charge in [-0.25, -0.2) is 0 Å². The van der Waals surface area contributed by atoms with Crippen molar-refractivity contribution in [2.24, 2.45) is 5.92 Å². The van der Waals surface area contributed by atoms with Gasteiger partial charge in [-0.3, -0.25) is 4.79 Å². The number of nitrogens with one attached hydrogen (secondary N) is 1. The molecule has 122 valence electrons. The first-order valence-electron chi connectivity index (χ1n) is 8.31. The highest BCUT2D eigenvalue weighted by Gasteiger charge is 2.26. The van der Waals surface area contributed by atoms with Gasteiger partial charge in [-0.05, 0) is 19.8 Å². The SMILES string of the molecule is Cc1nnc2n1CC(CNC(=O)c1nnc3n1CCCCC3)C2.